The molecule has 0 radical (unpaired) electrons. The molecule has 13 heavy (non-hydrogen) atoms. The van der Waals surface area contributed by atoms with Crippen molar-refractivity contribution in [2.75, 3.05) is 6.61 Å². The molecule has 0 bridgehead atoms. The van der Waals surface area contributed by atoms with E-state index in [1.807, 2.05) is 0 Å². The van der Waals surface area contributed by atoms with E-state index < -0.39 is 17.5 Å². The van der Waals surface area contributed by atoms with Crippen molar-refractivity contribution in [3.8, 4) is 0 Å². The topological polar surface area (TPSA) is 52.6 Å². The molecule has 1 aliphatic heterocycles. The van der Waals surface area contributed by atoms with Crippen LogP contribution in [0.1, 0.15) is 20.3 Å². The Kier molecular flexibility index (Phi) is 2.40. The first-order chi connectivity index (χ1) is 5.99. The highest BCUT2D eigenvalue weighted by atomic mass is 16.6. The van der Waals surface area contributed by atoms with Gasteiger partial charge in [-0.3, -0.25) is 0 Å². The second kappa shape index (κ2) is 3.20. The van der Waals surface area contributed by atoms with Crippen LogP contribution >= 0.6 is 0 Å². The number of esters is 2. The molecule has 0 amide bonds. The average Bonchev–Trinajstić information content (AvgIpc) is 2.28. The van der Waals surface area contributed by atoms with Crippen LogP contribution in [0.4, 0.5) is 0 Å². The van der Waals surface area contributed by atoms with Crippen LogP contribution in [0, 0.1) is 0 Å². The minimum Gasteiger partial charge on any atom is -0.463 e. The molecule has 1 fully saturated rings. The zero-order valence-corrected chi connectivity index (χ0v) is 7.75. The number of hydrogen-bond donors (Lipinski definition) is 0. The maximum absolute atomic E-state index is 11.3. The molecule has 1 unspecified atom stereocenters. The molecule has 1 rings (SSSR count). The third-order valence-electron chi connectivity index (χ3n) is 1.86. The molecule has 0 aliphatic carbocycles. The van der Waals surface area contributed by atoms with Crippen LogP contribution in [-0.2, 0) is 19.1 Å². The van der Waals surface area contributed by atoms with Crippen molar-refractivity contribution in [1.82, 2.24) is 0 Å². The molecule has 1 saturated heterocycles. The number of carbonyl (C=O) groups is 2. The fraction of sp³-hybridized carbons (Fsp3) is 0.556. The Balaban J connectivity index is 2.74. The monoisotopic (exact) mass is 184 g/mol. The van der Waals surface area contributed by atoms with Gasteiger partial charge in [-0.1, -0.05) is 6.58 Å². The number of rotatable bonds is 2. The Morgan fingerprint density at radius 3 is 2.77 bits per heavy atom. The van der Waals surface area contributed by atoms with E-state index in [0.717, 1.165) is 0 Å². The first kappa shape index (κ1) is 9.77. The van der Waals surface area contributed by atoms with Crippen molar-refractivity contribution < 1.29 is 19.1 Å². The summed E-state index contributed by atoms with van der Waals surface area (Å²) in [6.07, 6.45) is 0.213. The van der Waals surface area contributed by atoms with Gasteiger partial charge in [0.2, 0.25) is 5.60 Å². The molecule has 4 nitrogen and oxygen atoms in total. The average molecular weight is 184 g/mol. The van der Waals surface area contributed by atoms with Crippen LogP contribution in [0.2, 0.25) is 0 Å². The van der Waals surface area contributed by atoms with E-state index in [4.69, 9.17) is 9.47 Å². The van der Waals surface area contributed by atoms with Crippen molar-refractivity contribution in [1.29, 1.82) is 0 Å². The SMILES string of the molecule is C=C1CC(C)(C(=O)OCC)OC1=O. The van der Waals surface area contributed by atoms with E-state index in [-0.39, 0.29) is 13.0 Å². The summed E-state index contributed by atoms with van der Waals surface area (Å²) < 4.78 is 9.63. The van der Waals surface area contributed by atoms with E-state index in [1.54, 1.807) is 6.92 Å². The molecule has 0 aromatic heterocycles. The molecule has 1 atom stereocenters. The highest BCUT2D eigenvalue weighted by Crippen LogP contribution is 2.30. The van der Waals surface area contributed by atoms with Crippen molar-refractivity contribution in [2.45, 2.75) is 25.9 Å². The van der Waals surface area contributed by atoms with Gasteiger partial charge in [-0.05, 0) is 13.8 Å². The molecule has 1 aliphatic rings. The Labute approximate surface area is 76.5 Å². The largest absolute Gasteiger partial charge is 0.463 e. The zero-order chi connectivity index (χ0) is 10.1. The molecule has 1 heterocycles. The third-order valence-corrected chi connectivity index (χ3v) is 1.86. The van der Waals surface area contributed by atoms with Crippen LogP contribution in [0.3, 0.4) is 0 Å². The smallest absolute Gasteiger partial charge is 0.350 e. The third kappa shape index (κ3) is 1.71. The number of ether oxygens (including phenoxy) is 2. The summed E-state index contributed by atoms with van der Waals surface area (Å²) in [5, 5.41) is 0. The van der Waals surface area contributed by atoms with Gasteiger partial charge in [0.25, 0.3) is 0 Å². The predicted molar refractivity (Wildman–Crippen MR) is 44.9 cm³/mol. The summed E-state index contributed by atoms with van der Waals surface area (Å²) in [5.74, 6) is -1.03. The van der Waals surface area contributed by atoms with Gasteiger partial charge in [0.15, 0.2) is 0 Å². The summed E-state index contributed by atoms with van der Waals surface area (Å²) in [7, 11) is 0. The lowest BCUT2D eigenvalue weighted by Crippen LogP contribution is -2.36. The normalized spacial score (nSPS) is 27.2. The molecule has 0 spiro atoms. The summed E-state index contributed by atoms with van der Waals surface area (Å²) in [5.41, 5.74) is -0.847. The van der Waals surface area contributed by atoms with E-state index in [2.05, 4.69) is 6.58 Å². The predicted octanol–water partition coefficient (Wildman–Crippen LogP) is 0.811. The van der Waals surface area contributed by atoms with E-state index >= 15 is 0 Å². The first-order valence-electron chi connectivity index (χ1n) is 4.08. The summed E-state index contributed by atoms with van der Waals surface area (Å²) >= 11 is 0. The van der Waals surface area contributed by atoms with Gasteiger partial charge in [0, 0.05) is 12.0 Å². The Bertz CT molecular complexity index is 251. The number of carbonyl (C=O) groups excluding carboxylic acids is 2. The highest BCUT2D eigenvalue weighted by molar-refractivity contribution is 5.96. The summed E-state index contributed by atoms with van der Waals surface area (Å²) in [6.45, 7) is 7.00. The molecule has 4 heteroatoms. The molecule has 0 N–H and O–H groups in total. The van der Waals surface area contributed by atoms with Crippen LogP contribution in [0.25, 0.3) is 0 Å². The minimum atomic E-state index is -1.16. The number of hydrogen-bond acceptors (Lipinski definition) is 4. The maximum Gasteiger partial charge on any atom is 0.350 e. The quantitative estimate of drug-likeness (QED) is 0.470. The van der Waals surface area contributed by atoms with Crippen molar-refractivity contribution in [3.05, 3.63) is 12.2 Å². The fourth-order valence-electron chi connectivity index (χ4n) is 1.19. The van der Waals surface area contributed by atoms with Gasteiger partial charge in [-0.2, -0.15) is 0 Å². The van der Waals surface area contributed by atoms with Crippen LogP contribution < -0.4 is 0 Å². The standard InChI is InChI=1S/C9H12O4/c1-4-12-8(11)9(3)5-6(2)7(10)13-9/h2,4-5H2,1,3H3. The molecule has 0 saturated carbocycles. The number of cyclic esters (lactones) is 1. The molecular formula is C9H12O4. The van der Waals surface area contributed by atoms with Gasteiger partial charge in [0.1, 0.15) is 0 Å². The Morgan fingerprint density at radius 2 is 2.38 bits per heavy atom. The summed E-state index contributed by atoms with van der Waals surface area (Å²) in [6, 6.07) is 0. The van der Waals surface area contributed by atoms with Crippen molar-refractivity contribution in [3.63, 3.8) is 0 Å². The van der Waals surface area contributed by atoms with Gasteiger partial charge < -0.3 is 9.47 Å². The molecule has 0 aromatic carbocycles. The zero-order valence-electron chi connectivity index (χ0n) is 7.75. The lowest BCUT2D eigenvalue weighted by Gasteiger charge is -2.18. The van der Waals surface area contributed by atoms with Crippen molar-refractivity contribution >= 4 is 11.9 Å². The van der Waals surface area contributed by atoms with E-state index in [1.165, 1.54) is 6.92 Å². The van der Waals surface area contributed by atoms with Gasteiger partial charge >= 0.3 is 11.9 Å². The van der Waals surface area contributed by atoms with Gasteiger partial charge in [-0.25, -0.2) is 9.59 Å². The van der Waals surface area contributed by atoms with Crippen LogP contribution in [0.15, 0.2) is 12.2 Å². The highest BCUT2D eigenvalue weighted by Gasteiger charge is 2.46. The molecule has 0 aromatic rings. The maximum atomic E-state index is 11.3. The second-order valence-corrected chi connectivity index (χ2v) is 3.12. The van der Waals surface area contributed by atoms with Gasteiger partial charge in [0.05, 0.1) is 6.61 Å². The van der Waals surface area contributed by atoms with E-state index in [9.17, 15) is 9.59 Å². The van der Waals surface area contributed by atoms with E-state index in [0.29, 0.717) is 5.57 Å². The van der Waals surface area contributed by atoms with Crippen LogP contribution in [0.5, 0.6) is 0 Å². The first-order valence-corrected chi connectivity index (χ1v) is 4.08. The van der Waals surface area contributed by atoms with Crippen molar-refractivity contribution in [2.24, 2.45) is 0 Å². The lowest BCUT2D eigenvalue weighted by molar-refractivity contribution is -0.171. The molecule has 72 valence electrons. The molecular weight excluding hydrogens is 172 g/mol. The fourth-order valence-corrected chi connectivity index (χ4v) is 1.19. The Hall–Kier alpha value is -1.32. The minimum absolute atomic E-state index is 0.213. The van der Waals surface area contributed by atoms with Crippen LogP contribution in [-0.4, -0.2) is 24.1 Å². The lowest BCUT2D eigenvalue weighted by atomic mass is 10.0. The Morgan fingerprint density at radius 1 is 1.77 bits per heavy atom. The van der Waals surface area contributed by atoms with Gasteiger partial charge in [-0.15, -0.1) is 0 Å². The summed E-state index contributed by atoms with van der Waals surface area (Å²) in [4.78, 5) is 22.3. The second-order valence-electron chi connectivity index (χ2n) is 3.12.